The minimum Gasteiger partial charge on any atom is -0.448 e. The number of carbonyl (C=O) groups excluding carboxylic acids is 2. The Morgan fingerprint density at radius 1 is 1.07 bits per heavy atom. The van der Waals surface area contributed by atoms with Crippen LogP contribution in [0.1, 0.15) is 23.4 Å². The van der Waals surface area contributed by atoms with E-state index in [-0.39, 0.29) is 17.6 Å². The van der Waals surface area contributed by atoms with Gasteiger partial charge in [0.1, 0.15) is 0 Å². The predicted octanol–water partition coefficient (Wildman–Crippen LogP) is 4.94. The first-order chi connectivity index (χ1) is 14.2. The van der Waals surface area contributed by atoms with Crippen LogP contribution in [-0.4, -0.2) is 23.3 Å². The van der Waals surface area contributed by atoms with Gasteiger partial charge in [0.25, 0.3) is 5.91 Å². The zero-order valence-corrected chi connectivity index (χ0v) is 16.2. The highest BCUT2D eigenvalue weighted by Gasteiger charge is 2.21. The largest absolute Gasteiger partial charge is 0.448 e. The van der Waals surface area contributed by atoms with Crippen molar-refractivity contribution < 1.29 is 14.0 Å². The van der Waals surface area contributed by atoms with Crippen molar-refractivity contribution in [3.63, 3.8) is 0 Å². The van der Waals surface area contributed by atoms with Gasteiger partial charge in [0.2, 0.25) is 5.91 Å². The van der Waals surface area contributed by atoms with Crippen LogP contribution in [0.2, 0.25) is 0 Å². The van der Waals surface area contributed by atoms with Gasteiger partial charge in [0.15, 0.2) is 16.5 Å². The van der Waals surface area contributed by atoms with Crippen LogP contribution in [0.25, 0.3) is 21.0 Å². The third-order valence-electron chi connectivity index (χ3n) is 4.84. The van der Waals surface area contributed by atoms with E-state index in [0.717, 1.165) is 33.9 Å². The molecule has 6 nitrogen and oxygen atoms in total. The lowest BCUT2D eigenvalue weighted by molar-refractivity contribution is -0.117. The monoisotopic (exact) mass is 403 g/mol. The summed E-state index contributed by atoms with van der Waals surface area (Å²) in [6.07, 6.45) is 1.47. The number of nitrogens with zero attached hydrogens (tertiary/aromatic N) is 2. The van der Waals surface area contributed by atoms with E-state index in [9.17, 15) is 9.59 Å². The van der Waals surface area contributed by atoms with Crippen LogP contribution in [0.3, 0.4) is 0 Å². The lowest BCUT2D eigenvalue weighted by Gasteiger charge is -2.15. The number of carbonyl (C=O) groups is 2. The van der Waals surface area contributed by atoms with Gasteiger partial charge in [0.05, 0.1) is 10.2 Å². The number of hydrogen-bond acceptors (Lipinski definition) is 5. The molecular formula is C22H17N3O3S. The van der Waals surface area contributed by atoms with Gasteiger partial charge in [-0.25, -0.2) is 4.98 Å². The van der Waals surface area contributed by atoms with E-state index in [1.165, 1.54) is 11.3 Å². The Hall–Kier alpha value is -3.45. The van der Waals surface area contributed by atoms with E-state index >= 15 is 0 Å². The molecule has 1 N–H and O–H groups in total. The number of furan rings is 1. The standard InChI is InChI=1S/C22H17N3O3S/c26-20-6-3-13-25(20)15-9-7-14(8-10-15)23-21(27)17-11-12-18(28-17)22-24-16-4-1-2-5-19(16)29-22/h1-2,4-5,7-12H,3,6,13H2,(H,23,27). The van der Waals surface area contributed by atoms with Gasteiger partial charge in [0, 0.05) is 24.3 Å². The van der Waals surface area contributed by atoms with Crippen molar-refractivity contribution in [1.82, 2.24) is 4.98 Å². The third kappa shape index (κ3) is 3.40. The fourth-order valence-corrected chi connectivity index (χ4v) is 4.32. The molecule has 2 aromatic carbocycles. The Kier molecular flexibility index (Phi) is 4.37. The van der Waals surface area contributed by atoms with Gasteiger partial charge in [-0.15, -0.1) is 11.3 Å². The molecule has 0 unspecified atom stereocenters. The lowest BCUT2D eigenvalue weighted by atomic mass is 10.2. The van der Waals surface area contributed by atoms with Crippen molar-refractivity contribution in [3.05, 3.63) is 66.4 Å². The van der Waals surface area contributed by atoms with Gasteiger partial charge in [-0.3, -0.25) is 9.59 Å². The van der Waals surface area contributed by atoms with Crippen LogP contribution < -0.4 is 10.2 Å². The van der Waals surface area contributed by atoms with Crippen molar-refractivity contribution in [3.8, 4) is 10.8 Å². The molecule has 1 aliphatic rings. The summed E-state index contributed by atoms with van der Waals surface area (Å²) in [7, 11) is 0. The third-order valence-corrected chi connectivity index (χ3v) is 5.90. The normalized spacial score (nSPS) is 13.9. The van der Waals surface area contributed by atoms with E-state index < -0.39 is 0 Å². The summed E-state index contributed by atoms with van der Waals surface area (Å²) in [6, 6.07) is 18.5. The Balaban J connectivity index is 1.30. The van der Waals surface area contributed by atoms with Crippen LogP contribution in [-0.2, 0) is 4.79 Å². The number of hydrogen-bond donors (Lipinski definition) is 1. The maximum Gasteiger partial charge on any atom is 0.291 e. The number of thiazole rings is 1. The highest BCUT2D eigenvalue weighted by molar-refractivity contribution is 7.21. The maximum absolute atomic E-state index is 12.5. The minimum absolute atomic E-state index is 0.139. The van der Waals surface area contributed by atoms with Crippen LogP contribution in [0.4, 0.5) is 11.4 Å². The highest BCUT2D eigenvalue weighted by atomic mass is 32.1. The molecule has 1 fully saturated rings. The van der Waals surface area contributed by atoms with E-state index in [1.807, 2.05) is 36.4 Å². The number of aromatic nitrogens is 1. The molecular weight excluding hydrogens is 386 g/mol. The van der Waals surface area contributed by atoms with Gasteiger partial charge < -0.3 is 14.6 Å². The van der Waals surface area contributed by atoms with Crippen LogP contribution in [0.5, 0.6) is 0 Å². The number of amides is 2. The number of rotatable bonds is 4. The van der Waals surface area contributed by atoms with Crippen molar-refractivity contribution in [2.45, 2.75) is 12.8 Å². The molecule has 3 heterocycles. The number of fused-ring (bicyclic) bond motifs is 1. The SMILES string of the molecule is O=C(Nc1ccc(N2CCCC2=O)cc1)c1ccc(-c2nc3ccccc3s2)o1. The molecule has 0 aliphatic carbocycles. The first-order valence-electron chi connectivity index (χ1n) is 9.35. The molecule has 5 rings (SSSR count). The molecule has 1 saturated heterocycles. The van der Waals surface area contributed by atoms with Crippen molar-refractivity contribution >= 4 is 44.7 Å². The first-order valence-corrected chi connectivity index (χ1v) is 10.2. The molecule has 4 aromatic rings. The van der Waals surface area contributed by atoms with Crippen LogP contribution in [0.15, 0.2) is 65.1 Å². The van der Waals surface area contributed by atoms with Crippen LogP contribution >= 0.6 is 11.3 Å². The Morgan fingerprint density at radius 2 is 1.90 bits per heavy atom. The Labute approximate surface area is 170 Å². The van der Waals surface area contributed by atoms with Gasteiger partial charge in [-0.2, -0.15) is 0 Å². The summed E-state index contributed by atoms with van der Waals surface area (Å²) in [6.45, 7) is 0.742. The first kappa shape index (κ1) is 17.6. The summed E-state index contributed by atoms with van der Waals surface area (Å²) in [5, 5.41) is 3.57. The summed E-state index contributed by atoms with van der Waals surface area (Å²) in [5.74, 6) is 0.597. The van der Waals surface area contributed by atoms with Crippen molar-refractivity contribution in [1.29, 1.82) is 0 Å². The minimum atomic E-state index is -0.331. The highest BCUT2D eigenvalue weighted by Crippen LogP contribution is 2.31. The lowest BCUT2D eigenvalue weighted by Crippen LogP contribution is -2.23. The second kappa shape index (κ2) is 7.18. The molecule has 0 saturated carbocycles. The molecule has 0 spiro atoms. The second-order valence-electron chi connectivity index (χ2n) is 6.80. The van der Waals surface area contributed by atoms with Crippen molar-refractivity contribution in [2.75, 3.05) is 16.8 Å². The molecule has 2 amide bonds. The fraction of sp³-hybridized carbons (Fsp3) is 0.136. The van der Waals surface area contributed by atoms with E-state index in [1.54, 1.807) is 29.2 Å². The molecule has 144 valence electrons. The fourth-order valence-electron chi connectivity index (χ4n) is 3.39. The van der Waals surface area contributed by atoms with Crippen molar-refractivity contribution in [2.24, 2.45) is 0 Å². The number of anilines is 2. The van der Waals surface area contributed by atoms with Crippen LogP contribution in [0, 0.1) is 0 Å². The Morgan fingerprint density at radius 3 is 2.66 bits per heavy atom. The Bertz CT molecular complexity index is 1180. The molecule has 29 heavy (non-hydrogen) atoms. The molecule has 2 aromatic heterocycles. The summed E-state index contributed by atoms with van der Waals surface area (Å²) in [5.41, 5.74) is 2.40. The molecule has 0 radical (unpaired) electrons. The average Bonchev–Trinajstić information content (AvgIpc) is 3.47. The van der Waals surface area contributed by atoms with E-state index in [0.29, 0.717) is 17.9 Å². The second-order valence-corrected chi connectivity index (χ2v) is 7.83. The topological polar surface area (TPSA) is 75.4 Å². The van der Waals surface area contributed by atoms with Gasteiger partial charge in [-0.1, -0.05) is 12.1 Å². The summed E-state index contributed by atoms with van der Waals surface area (Å²) >= 11 is 1.52. The van der Waals surface area contributed by atoms with Gasteiger partial charge >= 0.3 is 0 Å². The summed E-state index contributed by atoms with van der Waals surface area (Å²) < 4.78 is 6.81. The molecule has 7 heteroatoms. The molecule has 0 bridgehead atoms. The van der Waals surface area contributed by atoms with Gasteiger partial charge in [-0.05, 0) is 55.0 Å². The average molecular weight is 403 g/mol. The maximum atomic E-state index is 12.5. The smallest absolute Gasteiger partial charge is 0.291 e. The number of benzene rings is 2. The quantitative estimate of drug-likeness (QED) is 0.524. The summed E-state index contributed by atoms with van der Waals surface area (Å²) in [4.78, 5) is 30.7. The predicted molar refractivity (Wildman–Crippen MR) is 113 cm³/mol. The van der Waals surface area contributed by atoms with E-state index in [2.05, 4.69) is 10.3 Å². The number of nitrogens with one attached hydrogen (secondary N) is 1. The molecule has 0 atom stereocenters. The zero-order valence-electron chi connectivity index (χ0n) is 15.4. The zero-order chi connectivity index (χ0) is 19.8. The number of para-hydroxylation sites is 1. The molecule has 1 aliphatic heterocycles. The van der Waals surface area contributed by atoms with E-state index in [4.69, 9.17) is 4.42 Å².